The summed E-state index contributed by atoms with van der Waals surface area (Å²) in [6.45, 7) is 0.489. The fourth-order valence-electron chi connectivity index (χ4n) is 0.965. The highest BCUT2D eigenvalue weighted by Gasteiger charge is 2.09. The lowest BCUT2D eigenvalue weighted by atomic mass is 10.4. The van der Waals surface area contributed by atoms with Crippen molar-refractivity contribution in [1.82, 2.24) is 4.98 Å². The van der Waals surface area contributed by atoms with Crippen molar-refractivity contribution in [2.45, 2.75) is 6.54 Å². The van der Waals surface area contributed by atoms with E-state index >= 15 is 0 Å². The fourth-order valence-corrected chi connectivity index (χ4v) is 3.29. The van der Waals surface area contributed by atoms with Gasteiger partial charge < -0.3 is 5.73 Å². The molecule has 0 aliphatic carbocycles. The molecule has 0 aromatic carbocycles. The van der Waals surface area contributed by atoms with Gasteiger partial charge in [-0.25, -0.2) is 4.98 Å². The van der Waals surface area contributed by atoms with Crippen LogP contribution in [0.15, 0.2) is 21.3 Å². The quantitative estimate of drug-likeness (QED) is 0.914. The second-order valence-electron chi connectivity index (χ2n) is 2.42. The van der Waals surface area contributed by atoms with Crippen LogP contribution in [-0.2, 0) is 6.54 Å². The topological polar surface area (TPSA) is 38.9 Å². The molecule has 0 radical (unpaired) electrons. The van der Waals surface area contributed by atoms with Gasteiger partial charge in [0.05, 0.1) is 14.4 Å². The van der Waals surface area contributed by atoms with E-state index in [-0.39, 0.29) is 0 Å². The molecule has 0 amide bonds. The molecule has 0 bridgehead atoms. The zero-order chi connectivity index (χ0) is 9.26. The van der Waals surface area contributed by atoms with Gasteiger partial charge in [-0.3, -0.25) is 0 Å². The molecular formula is C8H7BrN2S2. The van der Waals surface area contributed by atoms with E-state index in [9.17, 15) is 0 Å². The molecule has 2 aromatic heterocycles. The Kier molecular flexibility index (Phi) is 2.78. The summed E-state index contributed by atoms with van der Waals surface area (Å²) < 4.78 is 1.04. The number of hydrogen-bond donors (Lipinski definition) is 1. The molecular weight excluding hydrogens is 268 g/mol. The van der Waals surface area contributed by atoms with Gasteiger partial charge in [0.25, 0.3) is 0 Å². The summed E-state index contributed by atoms with van der Waals surface area (Å²) in [7, 11) is 0. The number of aromatic nitrogens is 1. The Balaban J connectivity index is 2.43. The molecule has 2 nitrogen and oxygen atoms in total. The van der Waals surface area contributed by atoms with Crippen LogP contribution >= 0.6 is 38.6 Å². The minimum Gasteiger partial charge on any atom is -0.325 e. The summed E-state index contributed by atoms with van der Waals surface area (Å²) in [4.78, 5) is 5.63. The van der Waals surface area contributed by atoms with Crippen LogP contribution in [0.4, 0.5) is 0 Å². The maximum Gasteiger partial charge on any atom is 0.134 e. The van der Waals surface area contributed by atoms with E-state index in [4.69, 9.17) is 5.73 Å². The molecule has 2 rings (SSSR count). The lowest BCUT2D eigenvalue weighted by molar-refractivity contribution is 1.01. The van der Waals surface area contributed by atoms with Crippen LogP contribution in [0, 0.1) is 0 Å². The van der Waals surface area contributed by atoms with Crippen molar-refractivity contribution >= 4 is 38.6 Å². The lowest BCUT2D eigenvalue weighted by Crippen LogP contribution is -1.96. The molecule has 5 heteroatoms. The molecule has 0 aliphatic heterocycles. The lowest BCUT2D eigenvalue weighted by Gasteiger charge is -1.87. The van der Waals surface area contributed by atoms with Crippen LogP contribution in [0.5, 0.6) is 0 Å². The summed E-state index contributed by atoms with van der Waals surface area (Å²) in [5, 5.41) is 3.09. The summed E-state index contributed by atoms with van der Waals surface area (Å²) in [6, 6.07) is 4.09. The van der Waals surface area contributed by atoms with Gasteiger partial charge in [-0.15, -0.1) is 22.7 Å². The van der Waals surface area contributed by atoms with Gasteiger partial charge in [0.1, 0.15) is 5.01 Å². The van der Waals surface area contributed by atoms with E-state index in [0.29, 0.717) is 6.54 Å². The van der Waals surface area contributed by atoms with Crippen molar-refractivity contribution in [2.24, 2.45) is 5.73 Å². The number of thiazole rings is 1. The zero-order valence-electron chi connectivity index (χ0n) is 6.66. The van der Waals surface area contributed by atoms with Gasteiger partial charge in [-0.1, -0.05) is 6.07 Å². The molecule has 0 fully saturated rings. The Morgan fingerprint density at radius 3 is 2.92 bits per heavy atom. The van der Waals surface area contributed by atoms with E-state index < -0.39 is 0 Å². The molecule has 68 valence electrons. The Hall–Kier alpha value is -0.230. The maximum absolute atomic E-state index is 5.53. The summed E-state index contributed by atoms with van der Waals surface area (Å²) in [5.41, 5.74) is 6.47. The van der Waals surface area contributed by atoms with E-state index in [0.717, 1.165) is 14.5 Å². The molecule has 0 saturated heterocycles. The van der Waals surface area contributed by atoms with Gasteiger partial charge in [0.15, 0.2) is 0 Å². The number of hydrogen-bond acceptors (Lipinski definition) is 4. The Bertz CT molecular complexity index is 394. The van der Waals surface area contributed by atoms with Crippen LogP contribution < -0.4 is 5.73 Å². The monoisotopic (exact) mass is 274 g/mol. The standard InChI is InChI=1S/C8H7BrN2S2/c9-7-5(4-10)11-8(13-7)6-2-1-3-12-6/h1-3H,4,10H2. The molecule has 0 atom stereocenters. The van der Waals surface area contributed by atoms with Crippen LogP contribution in [0.1, 0.15) is 5.69 Å². The highest BCUT2D eigenvalue weighted by atomic mass is 79.9. The minimum atomic E-state index is 0.489. The third-order valence-electron chi connectivity index (χ3n) is 1.57. The van der Waals surface area contributed by atoms with E-state index in [1.54, 1.807) is 22.7 Å². The molecule has 2 N–H and O–H groups in total. The van der Waals surface area contributed by atoms with Crippen LogP contribution in [-0.4, -0.2) is 4.98 Å². The first-order valence-corrected chi connectivity index (χ1v) is 6.19. The number of thiophene rings is 1. The second-order valence-corrected chi connectivity index (χ2v) is 5.69. The van der Waals surface area contributed by atoms with Crippen LogP contribution in [0.3, 0.4) is 0 Å². The van der Waals surface area contributed by atoms with Gasteiger partial charge in [0, 0.05) is 6.54 Å². The number of halogens is 1. The fraction of sp³-hybridized carbons (Fsp3) is 0.125. The van der Waals surface area contributed by atoms with Crippen molar-refractivity contribution in [3.8, 4) is 9.88 Å². The third-order valence-corrected chi connectivity index (χ3v) is 4.44. The van der Waals surface area contributed by atoms with E-state index in [1.165, 1.54) is 4.88 Å². The van der Waals surface area contributed by atoms with E-state index in [2.05, 4.69) is 27.0 Å². The molecule has 2 heterocycles. The van der Waals surface area contributed by atoms with Crippen molar-refractivity contribution in [3.63, 3.8) is 0 Å². The van der Waals surface area contributed by atoms with Crippen molar-refractivity contribution in [1.29, 1.82) is 0 Å². The predicted octanol–water partition coefficient (Wildman–Crippen LogP) is 3.09. The number of rotatable bonds is 2. The molecule has 2 aromatic rings. The van der Waals surface area contributed by atoms with Gasteiger partial charge in [-0.2, -0.15) is 0 Å². The van der Waals surface area contributed by atoms with Crippen molar-refractivity contribution < 1.29 is 0 Å². The summed E-state index contributed by atoms with van der Waals surface area (Å²) in [5.74, 6) is 0. The average Bonchev–Trinajstić information content (AvgIpc) is 2.71. The zero-order valence-corrected chi connectivity index (χ0v) is 9.88. The highest BCUT2D eigenvalue weighted by Crippen LogP contribution is 2.33. The van der Waals surface area contributed by atoms with Crippen molar-refractivity contribution in [3.05, 3.63) is 27.0 Å². The number of nitrogens with two attached hydrogens (primary N) is 1. The normalized spacial score (nSPS) is 10.6. The smallest absolute Gasteiger partial charge is 0.134 e. The predicted molar refractivity (Wildman–Crippen MR) is 61.0 cm³/mol. The van der Waals surface area contributed by atoms with E-state index in [1.807, 2.05) is 11.4 Å². The van der Waals surface area contributed by atoms with Gasteiger partial charge >= 0.3 is 0 Å². The van der Waals surface area contributed by atoms with Crippen LogP contribution in [0.25, 0.3) is 9.88 Å². The molecule has 0 unspecified atom stereocenters. The Morgan fingerprint density at radius 1 is 1.54 bits per heavy atom. The largest absolute Gasteiger partial charge is 0.325 e. The molecule has 0 spiro atoms. The van der Waals surface area contributed by atoms with Crippen LogP contribution in [0.2, 0.25) is 0 Å². The van der Waals surface area contributed by atoms with Gasteiger partial charge in [0.2, 0.25) is 0 Å². The second kappa shape index (κ2) is 3.88. The summed E-state index contributed by atoms with van der Waals surface area (Å²) >= 11 is 6.77. The van der Waals surface area contributed by atoms with Crippen molar-refractivity contribution in [2.75, 3.05) is 0 Å². The molecule has 13 heavy (non-hydrogen) atoms. The number of nitrogens with zero attached hydrogens (tertiary/aromatic N) is 1. The average molecular weight is 275 g/mol. The summed E-state index contributed by atoms with van der Waals surface area (Å²) in [6.07, 6.45) is 0. The minimum absolute atomic E-state index is 0.489. The Labute approximate surface area is 92.6 Å². The maximum atomic E-state index is 5.53. The third kappa shape index (κ3) is 1.83. The Morgan fingerprint density at radius 2 is 2.38 bits per heavy atom. The first kappa shape index (κ1) is 9.33. The highest BCUT2D eigenvalue weighted by molar-refractivity contribution is 9.11. The van der Waals surface area contributed by atoms with Gasteiger partial charge in [-0.05, 0) is 27.4 Å². The first-order chi connectivity index (χ1) is 6.31. The SMILES string of the molecule is NCc1nc(-c2cccs2)sc1Br. The first-order valence-electron chi connectivity index (χ1n) is 3.70. The molecule has 0 saturated carbocycles. The molecule has 0 aliphatic rings.